The normalized spacial score (nSPS) is 12.9. The number of amides is 2. The first-order valence-corrected chi connectivity index (χ1v) is 14.7. The van der Waals surface area contributed by atoms with Crippen LogP contribution in [0.1, 0.15) is 49.4 Å². The van der Waals surface area contributed by atoms with E-state index < -0.39 is 28.5 Å². The quantitative estimate of drug-likeness (QED) is 0.359. The Morgan fingerprint density at radius 3 is 2.15 bits per heavy atom. The van der Waals surface area contributed by atoms with Gasteiger partial charge in [-0.1, -0.05) is 61.0 Å². The van der Waals surface area contributed by atoms with Crippen molar-refractivity contribution in [1.82, 2.24) is 10.2 Å². The van der Waals surface area contributed by atoms with Crippen molar-refractivity contribution >= 4 is 27.5 Å². The highest BCUT2D eigenvalue weighted by Gasteiger charge is 2.33. The number of hydrogen-bond acceptors (Lipinski definition) is 4. The molecule has 0 fully saturated rings. The summed E-state index contributed by atoms with van der Waals surface area (Å²) >= 11 is 0. The lowest BCUT2D eigenvalue weighted by Gasteiger charge is -2.33. The summed E-state index contributed by atoms with van der Waals surface area (Å²) in [6.07, 6.45) is 0.750. The minimum atomic E-state index is -4.08. The Kier molecular flexibility index (Phi) is 9.92. The molecule has 0 aromatic heterocycles. The van der Waals surface area contributed by atoms with Crippen molar-refractivity contribution in [3.8, 4) is 0 Å². The van der Waals surface area contributed by atoms with Crippen LogP contribution in [-0.2, 0) is 26.2 Å². The first-order valence-electron chi connectivity index (χ1n) is 13.2. The Bertz CT molecular complexity index is 1400. The number of hydrogen-bond donors (Lipinski definition) is 1. The van der Waals surface area contributed by atoms with Gasteiger partial charge >= 0.3 is 0 Å². The summed E-state index contributed by atoms with van der Waals surface area (Å²) < 4.78 is 28.9. The molecule has 2 atom stereocenters. The van der Waals surface area contributed by atoms with Crippen molar-refractivity contribution in [1.29, 1.82) is 0 Å². The molecule has 3 aromatic rings. The van der Waals surface area contributed by atoms with E-state index in [1.807, 2.05) is 65.0 Å². The standard InChI is InChI=1S/C31H39N3O4S/c1-7-25(5)32-31(36)26(6)33(20-27-13-9-8-12-24(27)4)30(35)21-34(28-14-10-11-23(3)19-28)39(37,38)29-17-15-22(2)16-18-29/h8-19,25-26H,7,20-21H2,1-6H3,(H,32,36)/t25-,26+/m0/s1. The van der Waals surface area contributed by atoms with Gasteiger partial charge in [0.1, 0.15) is 12.6 Å². The summed E-state index contributed by atoms with van der Waals surface area (Å²) in [7, 11) is -4.08. The van der Waals surface area contributed by atoms with Gasteiger partial charge in [-0.05, 0) is 82.0 Å². The lowest BCUT2D eigenvalue weighted by atomic mass is 10.1. The van der Waals surface area contributed by atoms with Crippen LogP contribution in [0.2, 0.25) is 0 Å². The van der Waals surface area contributed by atoms with Gasteiger partial charge in [0.2, 0.25) is 11.8 Å². The number of benzene rings is 3. The van der Waals surface area contributed by atoms with Crippen molar-refractivity contribution in [2.45, 2.75) is 71.5 Å². The molecule has 8 heteroatoms. The van der Waals surface area contributed by atoms with Crippen LogP contribution in [0.25, 0.3) is 0 Å². The third-order valence-electron chi connectivity index (χ3n) is 6.95. The highest BCUT2D eigenvalue weighted by atomic mass is 32.2. The van der Waals surface area contributed by atoms with Gasteiger partial charge in [-0.25, -0.2) is 8.42 Å². The largest absolute Gasteiger partial charge is 0.352 e. The Morgan fingerprint density at radius 2 is 1.54 bits per heavy atom. The SMILES string of the molecule is CC[C@H](C)NC(=O)[C@@H](C)N(Cc1ccccc1C)C(=O)CN(c1cccc(C)c1)S(=O)(=O)c1ccc(C)cc1. The molecule has 0 saturated heterocycles. The highest BCUT2D eigenvalue weighted by molar-refractivity contribution is 7.92. The van der Waals surface area contributed by atoms with E-state index in [0.29, 0.717) is 5.69 Å². The molecule has 0 aliphatic rings. The molecular formula is C31H39N3O4S. The number of nitrogens with one attached hydrogen (secondary N) is 1. The zero-order chi connectivity index (χ0) is 28.7. The predicted octanol–water partition coefficient (Wildman–Crippen LogP) is 5.14. The van der Waals surface area contributed by atoms with Crippen LogP contribution in [-0.4, -0.2) is 43.8 Å². The molecule has 0 saturated carbocycles. The molecule has 0 radical (unpaired) electrons. The average Bonchev–Trinajstić information content (AvgIpc) is 2.90. The Labute approximate surface area is 232 Å². The summed E-state index contributed by atoms with van der Waals surface area (Å²) in [4.78, 5) is 28.7. The van der Waals surface area contributed by atoms with Gasteiger partial charge in [-0.2, -0.15) is 0 Å². The molecule has 1 N–H and O–H groups in total. The maximum atomic E-state index is 14.0. The van der Waals surface area contributed by atoms with E-state index in [2.05, 4.69) is 5.32 Å². The lowest BCUT2D eigenvalue weighted by Crippen LogP contribution is -2.52. The average molecular weight is 550 g/mol. The van der Waals surface area contributed by atoms with Gasteiger partial charge in [-0.15, -0.1) is 0 Å². The number of nitrogens with zero attached hydrogens (tertiary/aromatic N) is 2. The maximum Gasteiger partial charge on any atom is 0.264 e. The van der Waals surface area contributed by atoms with E-state index in [1.165, 1.54) is 4.90 Å². The van der Waals surface area contributed by atoms with Crippen molar-refractivity contribution < 1.29 is 18.0 Å². The van der Waals surface area contributed by atoms with E-state index in [-0.39, 0.29) is 23.4 Å². The molecule has 0 bridgehead atoms. The highest BCUT2D eigenvalue weighted by Crippen LogP contribution is 2.26. The fourth-order valence-corrected chi connectivity index (χ4v) is 5.57. The number of aryl methyl sites for hydroxylation is 3. The molecular weight excluding hydrogens is 510 g/mol. The molecule has 0 aliphatic carbocycles. The van der Waals surface area contributed by atoms with Crippen LogP contribution in [0, 0.1) is 20.8 Å². The number of sulfonamides is 1. The smallest absolute Gasteiger partial charge is 0.264 e. The molecule has 3 rings (SSSR count). The summed E-state index contributed by atoms with van der Waals surface area (Å²) in [5.74, 6) is -0.753. The summed E-state index contributed by atoms with van der Waals surface area (Å²) in [5.41, 5.74) is 4.04. The van der Waals surface area contributed by atoms with Gasteiger partial charge in [0.05, 0.1) is 10.6 Å². The van der Waals surface area contributed by atoms with Crippen LogP contribution in [0.4, 0.5) is 5.69 Å². The van der Waals surface area contributed by atoms with Crippen LogP contribution in [0.15, 0.2) is 77.7 Å². The first-order chi connectivity index (χ1) is 18.4. The minimum Gasteiger partial charge on any atom is -0.352 e. The first kappa shape index (κ1) is 29.9. The van der Waals surface area contributed by atoms with E-state index in [0.717, 1.165) is 33.0 Å². The minimum absolute atomic E-state index is 0.0546. The van der Waals surface area contributed by atoms with Crippen LogP contribution < -0.4 is 9.62 Å². The second kappa shape index (κ2) is 12.9. The summed E-state index contributed by atoms with van der Waals surface area (Å²) in [6, 6.07) is 20.4. The predicted molar refractivity (Wildman–Crippen MR) is 156 cm³/mol. The monoisotopic (exact) mass is 549 g/mol. The van der Waals surface area contributed by atoms with Gasteiger partial charge in [-0.3, -0.25) is 13.9 Å². The molecule has 0 unspecified atom stereocenters. The van der Waals surface area contributed by atoms with Crippen LogP contribution in [0.5, 0.6) is 0 Å². The van der Waals surface area contributed by atoms with Crippen molar-refractivity contribution in [2.24, 2.45) is 0 Å². The van der Waals surface area contributed by atoms with Crippen LogP contribution >= 0.6 is 0 Å². The molecule has 208 valence electrons. The Balaban J connectivity index is 2.04. The lowest BCUT2D eigenvalue weighted by molar-refractivity contribution is -0.139. The number of carbonyl (C=O) groups excluding carboxylic acids is 2. The van der Waals surface area contributed by atoms with Crippen molar-refractivity contribution in [2.75, 3.05) is 10.8 Å². The zero-order valence-corrected chi connectivity index (χ0v) is 24.5. The van der Waals surface area contributed by atoms with E-state index in [1.54, 1.807) is 49.4 Å². The second-order valence-corrected chi connectivity index (χ2v) is 12.0. The molecule has 0 aliphatic heterocycles. The number of rotatable bonds is 11. The van der Waals surface area contributed by atoms with E-state index in [9.17, 15) is 18.0 Å². The zero-order valence-electron chi connectivity index (χ0n) is 23.6. The third-order valence-corrected chi connectivity index (χ3v) is 8.74. The molecule has 3 aromatic carbocycles. The van der Waals surface area contributed by atoms with Crippen LogP contribution in [0.3, 0.4) is 0 Å². The Hall–Kier alpha value is -3.65. The van der Waals surface area contributed by atoms with Gasteiger partial charge in [0.15, 0.2) is 0 Å². The van der Waals surface area contributed by atoms with Crippen molar-refractivity contribution in [3.05, 3.63) is 95.1 Å². The topological polar surface area (TPSA) is 86.8 Å². The fraction of sp³-hybridized carbons (Fsp3) is 0.355. The third kappa shape index (κ3) is 7.47. The summed E-state index contributed by atoms with van der Waals surface area (Å²) in [5, 5.41) is 2.95. The fourth-order valence-electron chi connectivity index (χ4n) is 4.17. The van der Waals surface area contributed by atoms with Crippen molar-refractivity contribution in [3.63, 3.8) is 0 Å². The molecule has 2 amide bonds. The molecule has 0 heterocycles. The van der Waals surface area contributed by atoms with E-state index in [4.69, 9.17) is 0 Å². The van der Waals surface area contributed by atoms with E-state index >= 15 is 0 Å². The number of anilines is 1. The van der Waals surface area contributed by atoms with Gasteiger partial charge < -0.3 is 10.2 Å². The van der Waals surface area contributed by atoms with Gasteiger partial charge in [0.25, 0.3) is 10.0 Å². The Morgan fingerprint density at radius 1 is 0.872 bits per heavy atom. The van der Waals surface area contributed by atoms with Gasteiger partial charge in [0, 0.05) is 12.6 Å². The maximum absolute atomic E-state index is 14.0. The molecule has 7 nitrogen and oxygen atoms in total. The number of carbonyl (C=O) groups is 2. The summed E-state index contributed by atoms with van der Waals surface area (Å²) in [6.45, 7) is 11.0. The second-order valence-electron chi connectivity index (χ2n) is 10.1. The molecule has 0 spiro atoms. The molecule has 39 heavy (non-hydrogen) atoms.